The van der Waals surface area contributed by atoms with Gasteiger partial charge in [0.05, 0.1) is 5.60 Å². The van der Waals surface area contributed by atoms with Crippen molar-refractivity contribution in [1.82, 2.24) is 0 Å². The molecule has 0 aliphatic carbocycles. The van der Waals surface area contributed by atoms with Crippen molar-refractivity contribution in [3.8, 4) is 11.5 Å². The Kier molecular flexibility index (Phi) is 2.35. The highest BCUT2D eigenvalue weighted by Gasteiger charge is 2.23. The maximum atomic E-state index is 10.7. The Morgan fingerprint density at radius 2 is 1.44 bits per heavy atom. The van der Waals surface area contributed by atoms with E-state index in [-0.39, 0.29) is 23.5 Å². The van der Waals surface area contributed by atoms with Gasteiger partial charge in [0.1, 0.15) is 11.5 Å². The van der Waals surface area contributed by atoms with E-state index in [0.717, 1.165) is 0 Å². The highest BCUT2D eigenvalue weighted by atomic mass is 16.3. The van der Waals surface area contributed by atoms with Crippen LogP contribution >= 0.6 is 0 Å². The summed E-state index contributed by atoms with van der Waals surface area (Å²) in [4.78, 5) is 0. The Hall–Kier alpha value is -2.00. The topological polar surface area (TPSA) is 60.7 Å². The van der Waals surface area contributed by atoms with Gasteiger partial charge in [-0.15, -0.1) is 0 Å². The molecule has 1 atom stereocenters. The molecule has 0 amide bonds. The molecule has 0 aromatic heterocycles. The van der Waals surface area contributed by atoms with Gasteiger partial charge in [0.15, 0.2) is 0 Å². The fourth-order valence-corrected chi connectivity index (χ4v) is 1.75. The van der Waals surface area contributed by atoms with E-state index in [2.05, 4.69) is 0 Å². The summed E-state index contributed by atoms with van der Waals surface area (Å²) < 4.78 is 22.9. The summed E-state index contributed by atoms with van der Waals surface area (Å²) in [5, 5.41) is 29.3. The minimum Gasteiger partial charge on any atom is -0.508 e. The third-order valence-corrected chi connectivity index (χ3v) is 2.74. The van der Waals surface area contributed by atoms with Crippen LogP contribution in [-0.4, -0.2) is 15.3 Å². The summed E-state index contributed by atoms with van der Waals surface area (Å²) in [5.41, 5.74) is -1.29. The number of benzene rings is 2. The van der Waals surface area contributed by atoms with Gasteiger partial charge in [-0.25, -0.2) is 0 Å². The van der Waals surface area contributed by atoms with E-state index in [1.165, 1.54) is 36.4 Å². The largest absolute Gasteiger partial charge is 0.508 e. The molecule has 1 unspecified atom stereocenters. The smallest absolute Gasteiger partial charge is 0.115 e. The van der Waals surface area contributed by atoms with Gasteiger partial charge < -0.3 is 15.3 Å². The average molecular weight is 247 g/mol. The molecule has 2 aromatic carbocycles. The molecular weight excluding hydrogens is 228 g/mol. The van der Waals surface area contributed by atoms with Crippen LogP contribution in [0, 0.1) is 0 Å². The molecular formula is C15H16O3. The second-order valence-corrected chi connectivity index (χ2v) is 4.25. The predicted octanol–water partition coefficient (Wildman–Crippen LogP) is 2.55. The number of hydrogen-bond donors (Lipinski definition) is 3. The summed E-state index contributed by atoms with van der Waals surface area (Å²) in [6.07, 6.45) is -0.130. The van der Waals surface area contributed by atoms with E-state index in [1.807, 2.05) is 0 Å². The van der Waals surface area contributed by atoms with Crippen LogP contribution in [0.4, 0.5) is 0 Å². The van der Waals surface area contributed by atoms with Crippen LogP contribution in [0.5, 0.6) is 11.5 Å². The summed E-state index contributed by atoms with van der Waals surface area (Å²) >= 11 is 0. The van der Waals surface area contributed by atoms with Crippen molar-refractivity contribution < 1.29 is 19.4 Å². The quantitative estimate of drug-likeness (QED) is 0.781. The highest BCUT2D eigenvalue weighted by molar-refractivity contribution is 5.32. The molecule has 0 aliphatic heterocycles. The van der Waals surface area contributed by atoms with Gasteiger partial charge in [0.2, 0.25) is 0 Å². The molecule has 0 spiro atoms. The van der Waals surface area contributed by atoms with Crippen molar-refractivity contribution in [2.75, 3.05) is 0 Å². The van der Waals surface area contributed by atoms with Crippen LogP contribution in [0.3, 0.4) is 0 Å². The third-order valence-electron chi connectivity index (χ3n) is 2.74. The van der Waals surface area contributed by atoms with Gasteiger partial charge in [0, 0.05) is 10.5 Å². The zero-order valence-electron chi connectivity index (χ0n) is 12.7. The van der Waals surface area contributed by atoms with E-state index in [0.29, 0.717) is 5.56 Å². The Bertz CT molecular complexity index is 606. The van der Waals surface area contributed by atoms with Gasteiger partial charge in [0.25, 0.3) is 0 Å². The standard InChI is InChI=1S/C15H16O3/c1-15(18,12-4-8-14(17)9-5-12)10-11-2-6-13(16)7-3-11/h2-9,16-18H,10H2,1H3/i1D3. The van der Waals surface area contributed by atoms with Crippen molar-refractivity contribution in [3.63, 3.8) is 0 Å². The first-order chi connectivity index (χ1) is 9.72. The lowest BCUT2D eigenvalue weighted by Gasteiger charge is -2.24. The molecule has 0 saturated carbocycles. The lowest BCUT2D eigenvalue weighted by atomic mass is 9.89. The number of phenolic OH excluding ortho intramolecular Hbond substituents is 2. The summed E-state index contributed by atoms with van der Waals surface area (Å²) in [5.74, 6) is 0.0667. The molecule has 0 saturated heterocycles. The number of rotatable bonds is 3. The molecule has 0 radical (unpaired) electrons. The molecule has 18 heavy (non-hydrogen) atoms. The second-order valence-electron chi connectivity index (χ2n) is 4.25. The Morgan fingerprint density at radius 1 is 0.944 bits per heavy atom. The molecule has 2 rings (SSSR count). The van der Waals surface area contributed by atoms with Crippen molar-refractivity contribution in [3.05, 3.63) is 59.7 Å². The van der Waals surface area contributed by atoms with Gasteiger partial charge >= 0.3 is 0 Å². The molecule has 2 aromatic rings. The van der Waals surface area contributed by atoms with Crippen LogP contribution in [0.15, 0.2) is 48.5 Å². The Morgan fingerprint density at radius 3 is 1.94 bits per heavy atom. The molecule has 3 N–H and O–H groups in total. The van der Waals surface area contributed by atoms with Crippen molar-refractivity contribution in [2.45, 2.75) is 18.9 Å². The van der Waals surface area contributed by atoms with E-state index >= 15 is 0 Å². The van der Waals surface area contributed by atoms with Gasteiger partial charge in [-0.2, -0.15) is 0 Å². The molecule has 94 valence electrons. The van der Waals surface area contributed by atoms with Crippen molar-refractivity contribution >= 4 is 0 Å². The molecule has 0 fully saturated rings. The van der Waals surface area contributed by atoms with Crippen LogP contribution in [-0.2, 0) is 12.0 Å². The zero-order chi connectivity index (χ0) is 15.7. The molecule has 3 nitrogen and oxygen atoms in total. The molecule has 0 aliphatic rings. The average Bonchev–Trinajstić information content (AvgIpc) is 2.41. The van der Waals surface area contributed by atoms with Crippen molar-refractivity contribution in [2.24, 2.45) is 0 Å². The first-order valence-corrected chi connectivity index (χ1v) is 5.52. The predicted molar refractivity (Wildman–Crippen MR) is 69.5 cm³/mol. The maximum Gasteiger partial charge on any atom is 0.115 e. The number of aromatic hydroxyl groups is 2. The minimum absolute atomic E-state index is 0.00345. The molecule has 0 heterocycles. The maximum absolute atomic E-state index is 10.7. The van der Waals surface area contributed by atoms with E-state index in [4.69, 9.17) is 4.11 Å². The lowest BCUT2D eigenvalue weighted by molar-refractivity contribution is 0.0576. The number of phenols is 2. The van der Waals surface area contributed by atoms with Gasteiger partial charge in [-0.1, -0.05) is 24.3 Å². The van der Waals surface area contributed by atoms with Crippen LogP contribution in [0.1, 0.15) is 22.1 Å². The molecule has 3 heteroatoms. The van der Waals surface area contributed by atoms with Crippen molar-refractivity contribution in [1.29, 1.82) is 0 Å². The Balaban J connectivity index is 2.42. The fourth-order valence-electron chi connectivity index (χ4n) is 1.75. The van der Waals surface area contributed by atoms with E-state index in [9.17, 15) is 15.3 Å². The lowest BCUT2D eigenvalue weighted by Crippen LogP contribution is -2.24. The van der Waals surface area contributed by atoms with E-state index < -0.39 is 12.5 Å². The van der Waals surface area contributed by atoms with Gasteiger partial charge in [-0.3, -0.25) is 0 Å². The number of aliphatic hydroxyl groups is 1. The van der Waals surface area contributed by atoms with Gasteiger partial charge in [-0.05, 0) is 42.2 Å². The number of hydrogen-bond acceptors (Lipinski definition) is 3. The fraction of sp³-hybridized carbons (Fsp3) is 0.200. The zero-order valence-corrected chi connectivity index (χ0v) is 9.67. The SMILES string of the molecule is [2H]C([2H])([2H])C(O)(Cc1ccc(O)cc1)c1ccc(O)cc1. The van der Waals surface area contributed by atoms with Crippen LogP contribution in [0.25, 0.3) is 0 Å². The first-order valence-electron chi connectivity index (χ1n) is 7.02. The summed E-state index contributed by atoms with van der Waals surface area (Å²) in [7, 11) is 0. The normalized spacial score (nSPS) is 17.3. The van der Waals surface area contributed by atoms with Crippen LogP contribution in [0.2, 0.25) is 0 Å². The minimum atomic E-state index is -2.64. The highest BCUT2D eigenvalue weighted by Crippen LogP contribution is 2.27. The molecule has 0 bridgehead atoms. The van der Waals surface area contributed by atoms with Crippen LogP contribution < -0.4 is 0 Å². The summed E-state index contributed by atoms with van der Waals surface area (Å²) in [6, 6.07) is 11.5. The summed E-state index contributed by atoms with van der Waals surface area (Å²) in [6.45, 7) is -2.64. The monoisotopic (exact) mass is 247 g/mol. The Labute approximate surface area is 110 Å². The van der Waals surface area contributed by atoms with E-state index in [1.54, 1.807) is 12.1 Å². The second kappa shape index (κ2) is 4.70. The third kappa shape index (κ3) is 2.81. The first kappa shape index (κ1) is 9.00.